The molecule has 2 aromatic rings. The third-order valence-electron chi connectivity index (χ3n) is 4.48. The fraction of sp³-hybridized carbons (Fsp3) is 0.444. The van der Waals surface area contributed by atoms with E-state index in [2.05, 4.69) is 10.4 Å². The molecule has 7 nitrogen and oxygen atoms in total. The summed E-state index contributed by atoms with van der Waals surface area (Å²) in [7, 11) is 1.63. The maximum Gasteiger partial charge on any atom is 0.323 e. The molecule has 0 spiro atoms. The fourth-order valence-electron chi connectivity index (χ4n) is 3.10. The number of carbonyl (C=O) groups is 1. The molecule has 25 heavy (non-hydrogen) atoms. The van der Waals surface area contributed by atoms with Crippen LogP contribution in [-0.4, -0.2) is 46.3 Å². The van der Waals surface area contributed by atoms with E-state index in [9.17, 15) is 9.90 Å². The van der Waals surface area contributed by atoms with Crippen molar-refractivity contribution in [3.63, 3.8) is 0 Å². The third-order valence-corrected chi connectivity index (χ3v) is 4.48. The standard InChI is InChI=1S/C18H23N3O4/c1-12-10-15(25-17(12)16(19-2)18(22)23)24-11-13-4-6-14(7-5-13)21-9-3-8-20-21/h3-9,12,15-17,19H,10-11H2,1-2H3,(H,22,23)/t12-,15?,16?,17-/m1/s1. The van der Waals surface area contributed by atoms with E-state index >= 15 is 0 Å². The van der Waals surface area contributed by atoms with Gasteiger partial charge in [-0.3, -0.25) is 4.79 Å². The normalized spacial score (nSPS) is 24.3. The van der Waals surface area contributed by atoms with E-state index in [4.69, 9.17) is 9.47 Å². The van der Waals surface area contributed by atoms with Gasteiger partial charge in [-0.15, -0.1) is 0 Å². The van der Waals surface area contributed by atoms with Gasteiger partial charge in [0.05, 0.1) is 18.4 Å². The number of ether oxygens (including phenoxy) is 2. The summed E-state index contributed by atoms with van der Waals surface area (Å²) < 4.78 is 13.4. The van der Waals surface area contributed by atoms with E-state index in [-0.39, 0.29) is 12.2 Å². The molecule has 1 aromatic heterocycles. The third kappa shape index (κ3) is 4.07. The summed E-state index contributed by atoms with van der Waals surface area (Å²) in [6, 6.07) is 9.09. The van der Waals surface area contributed by atoms with Crippen molar-refractivity contribution in [3.05, 3.63) is 48.3 Å². The minimum atomic E-state index is -0.908. The first-order valence-corrected chi connectivity index (χ1v) is 8.34. The molecule has 2 N–H and O–H groups in total. The van der Waals surface area contributed by atoms with Crippen LogP contribution in [0.3, 0.4) is 0 Å². The molecule has 0 aliphatic carbocycles. The second kappa shape index (κ2) is 7.77. The van der Waals surface area contributed by atoms with E-state index in [1.807, 2.05) is 43.5 Å². The first-order chi connectivity index (χ1) is 12.1. The number of hydrogen-bond acceptors (Lipinski definition) is 5. The lowest BCUT2D eigenvalue weighted by atomic mass is 9.97. The first kappa shape index (κ1) is 17.6. The van der Waals surface area contributed by atoms with Gasteiger partial charge in [0.25, 0.3) is 0 Å². The molecule has 0 saturated carbocycles. The number of nitrogens with zero attached hydrogens (tertiary/aromatic N) is 2. The Hall–Kier alpha value is -2.22. The van der Waals surface area contributed by atoms with Crippen molar-refractivity contribution in [2.45, 2.75) is 38.4 Å². The minimum absolute atomic E-state index is 0.112. The number of carboxylic acids is 1. The van der Waals surface area contributed by atoms with E-state index in [1.54, 1.807) is 17.9 Å². The number of aliphatic carboxylic acids is 1. The highest BCUT2D eigenvalue weighted by molar-refractivity contribution is 5.74. The van der Waals surface area contributed by atoms with Gasteiger partial charge < -0.3 is 19.9 Å². The Labute approximate surface area is 146 Å². The highest BCUT2D eigenvalue weighted by atomic mass is 16.7. The number of aromatic nitrogens is 2. The predicted octanol–water partition coefficient (Wildman–Crippen LogP) is 1.81. The van der Waals surface area contributed by atoms with Crippen LogP contribution in [0.1, 0.15) is 18.9 Å². The van der Waals surface area contributed by atoms with Gasteiger partial charge in [-0.25, -0.2) is 4.68 Å². The molecule has 7 heteroatoms. The lowest BCUT2D eigenvalue weighted by Gasteiger charge is -2.22. The number of likely N-dealkylation sites (N-methyl/N-ethyl adjacent to an activating group) is 1. The lowest BCUT2D eigenvalue weighted by molar-refractivity contribution is -0.160. The van der Waals surface area contributed by atoms with Crippen LogP contribution in [0.2, 0.25) is 0 Å². The van der Waals surface area contributed by atoms with Crippen molar-refractivity contribution in [3.8, 4) is 5.69 Å². The molecule has 2 heterocycles. The molecule has 0 radical (unpaired) electrons. The number of carboxylic acid groups (broad SMARTS) is 1. The van der Waals surface area contributed by atoms with Gasteiger partial charge in [0, 0.05) is 18.8 Å². The summed E-state index contributed by atoms with van der Waals surface area (Å²) in [4.78, 5) is 11.3. The molecule has 1 saturated heterocycles. The van der Waals surface area contributed by atoms with Crippen molar-refractivity contribution in [2.24, 2.45) is 5.92 Å². The van der Waals surface area contributed by atoms with Crippen LogP contribution in [-0.2, 0) is 20.9 Å². The van der Waals surface area contributed by atoms with Crippen molar-refractivity contribution in [2.75, 3.05) is 7.05 Å². The van der Waals surface area contributed by atoms with Crippen molar-refractivity contribution >= 4 is 5.97 Å². The Morgan fingerprint density at radius 1 is 1.48 bits per heavy atom. The van der Waals surface area contributed by atoms with Crippen LogP contribution in [0, 0.1) is 5.92 Å². The molecular formula is C18H23N3O4. The van der Waals surface area contributed by atoms with Crippen molar-refractivity contribution in [1.82, 2.24) is 15.1 Å². The van der Waals surface area contributed by atoms with E-state index < -0.39 is 18.1 Å². The predicted molar refractivity (Wildman–Crippen MR) is 91.3 cm³/mol. The van der Waals surface area contributed by atoms with Gasteiger partial charge in [-0.2, -0.15) is 5.10 Å². The Morgan fingerprint density at radius 3 is 2.84 bits per heavy atom. The van der Waals surface area contributed by atoms with Crippen LogP contribution in [0.25, 0.3) is 5.69 Å². The molecule has 0 bridgehead atoms. The average molecular weight is 345 g/mol. The Bertz CT molecular complexity index is 687. The highest BCUT2D eigenvalue weighted by Crippen LogP contribution is 2.29. The van der Waals surface area contributed by atoms with Gasteiger partial charge >= 0.3 is 5.97 Å². The molecule has 1 fully saturated rings. The second-order valence-electron chi connectivity index (χ2n) is 6.28. The van der Waals surface area contributed by atoms with Crippen LogP contribution in [0.4, 0.5) is 0 Å². The summed E-state index contributed by atoms with van der Waals surface area (Å²) in [6.45, 7) is 2.40. The summed E-state index contributed by atoms with van der Waals surface area (Å²) in [5, 5.41) is 16.3. The zero-order chi connectivity index (χ0) is 17.8. The number of benzene rings is 1. The monoisotopic (exact) mass is 345 g/mol. The Morgan fingerprint density at radius 2 is 2.24 bits per heavy atom. The second-order valence-corrected chi connectivity index (χ2v) is 6.28. The summed E-state index contributed by atoms with van der Waals surface area (Å²) in [6.07, 6.45) is 3.53. The lowest BCUT2D eigenvalue weighted by Crippen LogP contribution is -2.46. The summed E-state index contributed by atoms with van der Waals surface area (Å²) in [5.41, 5.74) is 2.01. The van der Waals surface area contributed by atoms with E-state index in [0.717, 1.165) is 11.3 Å². The van der Waals surface area contributed by atoms with E-state index in [0.29, 0.717) is 13.0 Å². The Kier molecular flexibility index (Phi) is 5.47. The maximum absolute atomic E-state index is 11.3. The fourth-order valence-corrected chi connectivity index (χ4v) is 3.10. The molecule has 134 valence electrons. The number of rotatable bonds is 7. The number of nitrogens with one attached hydrogen (secondary N) is 1. The first-order valence-electron chi connectivity index (χ1n) is 8.34. The van der Waals surface area contributed by atoms with Gasteiger partial charge in [-0.1, -0.05) is 19.1 Å². The smallest absolute Gasteiger partial charge is 0.323 e. The zero-order valence-corrected chi connectivity index (χ0v) is 14.3. The van der Waals surface area contributed by atoms with E-state index in [1.165, 1.54) is 0 Å². The zero-order valence-electron chi connectivity index (χ0n) is 14.3. The number of hydrogen-bond donors (Lipinski definition) is 2. The van der Waals surface area contributed by atoms with Gasteiger partial charge in [0.1, 0.15) is 6.04 Å². The molecule has 3 rings (SSSR count). The molecule has 0 amide bonds. The topological polar surface area (TPSA) is 85.6 Å². The average Bonchev–Trinajstić information content (AvgIpc) is 3.25. The maximum atomic E-state index is 11.3. The van der Waals surface area contributed by atoms with Gasteiger partial charge in [0.15, 0.2) is 6.29 Å². The quantitative estimate of drug-likeness (QED) is 0.796. The molecule has 1 aromatic carbocycles. The minimum Gasteiger partial charge on any atom is -0.480 e. The molecule has 1 aliphatic heterocycles. The van der Waals surface area contributed by atoms with Crippen molar-refractivity contribution < 1.29 is 19.4 Å². The van der Waals surface area contributed by atoms with Crippen LogP contribution in [0.5, 0.6) is 0 Å². The molecule has 1 aliphatic rings. The summed E-state index contributed by atoms with van der Waals surface area (Å²) in [5.74, 6) is -0.796. The van der Waals surface area contributed by atoms with Crippen LogP contribution in [0.15, 0.2) is 42.7 Å². The van der Waals surface area contributed by atoms with Crippen LogP contribution < -0.4 is 5.32 Å². The van der Waals surface area contributed by atoms with Crippen molar-refractivity contribution in [1.29, 1.82) is 0 Å². The largest absolute Gasteiger partial charge is 0.480 e. The Balaban J connectivity index is 1.55. The highest BCUT2D eigenvalue weighted by Gasteiger charge is 2.40. The molecular weight excluding hydrogens is 322 g/mol. The molecule has 2 unspecified atom stereocenters. The SMILES string of the molecule is CNC(C(=O)O)[C@@H]1OC(OCc2ccc(-n3cccn3)cc2)C[C@H]1C. The van der Waals surface area contributed by atoms with Crippen LogP contribution >= 0.6 is 0 Å². The molecule has 4 atom stereocenters. The van der Waals surface area contributed by atoms with Gasteiger partial charge in [-0.05, 0) is 36.7 Å². The van der Waals surface area contributed by atoms with Gasteiger partial charge in [0.2, 0.25) is 0 Å². The summed E-state index contributed by atoms with van der Waals surface area (Å²) >= 11 is 0.